The van der Waals surface area contributed by atoms with E-state index in [1.807, 2.05) is 49.4 Å². The van der Waals surface area contributed by atoms with E-state index >= 15 is 0 Å². The van der Waals surface area contributed by atoms with Crippen molar-refractivity contribution in [2.24, 2.45) is 0 Å². The molecule has 0 spiro atoms. The summed E-state index contributed by atoms with van der Waals surface area (Å²) in [7, 11) is -3.52. The first-order chi connectivity index (χ1) is 16.2. The Morgan fingerprint density at radius 2 is 1.68 bits per heavy atom. The lowest BCUT2D eigenvalue weighted by Crippen LogP contribution is -2.35. The minimum Gasteiger partial charge on any atom is -0.361 e. The van der Waals surface area contributed by atoms with Crippen LogP contribution in [0, 0.1) is 6.92 Å². The van der Waals surface area contributed by atoms with Gasteiger partial charge in [0.05, 0.1) is 4.90 Å². The lowest BCUT2D eigenvalue weighted by molar-refractivity contribution is 0.276. The molecule has 34 heavy (non-hydrogen) atoms. The summed E-state index contributed by atoms with van der Waals surface area (Å²) < 4.78 is 33.9. The van der Waals surface area contributed by atoms with Gasteiger partial charge < -0.3 is 4.52 Å². The summed E-state index contributed by atoms with van der Waals surface area (Å²) >= 11 is 0. The van der Waals surface area contributed by atoms with E-state index in [1.54, 1.807) is 16.4 Å². The van der Waals surface area contributed by atoms with Gasteiger partial charge in [-0.2, -0.15) is 4.31 Å². The van der Waals surface area contributed by atoms with Crippen molar-refractivity contribution in [2.45, 2.75) is 57.4 Å². The van der Waals surface area contributed by atoms with Crippen LogP contribution in [-0.4, -0.2) is 49.0 Å². The molecule has 1 fully saturated rings. The third kappa shape index (κ3) is 5.11. The van der Waals surface area contributed by atoms with E-state index in [0.717, 1.165) is 47.5 Å². The predicted octanol–water partition coefficient (Wildman–Crippen LogP) is 5.23. The molecular formula is C27H35N3O3S. The second kappa shape index (κ2) is 10.0. The predicted molar refractivity (Wildman–Crippen MR) is 135 cm³/mol. The molecule has 4 rings (SSSR count). The molecule has 1 aliphatic heterocycles. The number of rotatable bonds is 7. The fraction of sp³-hybridized carbons (Fsp3) is 0.444. The topological polar surface area (TPSA) is 66.7 Å². The van der Waals surface area contributed by atoms with Crippen molar-refractivity contribution >= 4 is 10.0 Å². The Hall–Kier alpha value is -2.48. The Morgan fingerprint density at radius 1 is 0.971 bits per heavy atom. The van der Waals surface area contributed by atoms with Crippen molar-refractivity contribution in [1.82, 2.24) is 14.4 Å². The summed E-state index contributed by atoms with van der Waals surface area (Å²) in [6.07, 6.45) is 1.78. The third-order valence-electron chi connectivity index (χ3n) is 7.12. The monoisotopic (exact) mass is 481 g/mol. The number of aryl methyl sites for hydroxylation is 1. The first-order valence-electron chi connectivity index (χ1n) is 12.1. The Morgan fingerprint density at radius 3 is 2.35 bits per heavy atom. The Labute approximate surface area is 203 Å². The van der Waals surface area contributed by atoms with Gasteiger partial charge in [0.15, 0.2) is 0 Å². The summed E-state index contributed by atoms with van der Waals surface area (Å²) in [5.74, 6) is 0.808. The van der Waals surface area contributed by atoms with Gasteiger partial charge in [0.2, 0.25) is 10.0 Å². The molecular weight excluding hydrogens is 446 g/mol. The van der Waals surface area contributed by atoms with Crippen molar-refractivity contribution in [2.75, 3.05) is 26.2 Å². The second-order valence-corrected chi connectivity index (χ2v) is 11.7. The molecule has 0 radical (unpaired) electrons. The summed E-state index contributed by atoms with van der Waals surface area (Å²) in [6, 6.07) is 17.5. The van der Waals surface area contributed by atoms with E-state index in [0.29, 0.717) is 31.1 Å². The van der Waals surface area contributed by atoms with Crippen molar-refractivity contribution < 1.29 is 12.9 Å². The molecule has 0 amide bonds. The SMILES string of the molecule is CCC(C)(C)c1ccc(S(=O)(=O)N2CCCN(Cc3c(-c4ccccc4)noc3C)CC2)cc1. The summed E-state index contributed by atoms with van der Waals surface area (Å²) in [6.45, 7) is 11.6. The van der Waals surface area contributed by atoms with E-state index < -0.39 is 10.0 Å². The molecule has 1 aliphatic rings. The average molecular weight is 482 g/mol. The van der Waals surface area contributed by atoms with Crippen molar-refractivity contribution in [3.8, 4) is 11.3 Å². The van der Waals surface area contributed by atoms with Gasteiger partial charge in [0.25, 0.3) is 0 Å². The molecule has 7 heteroatoms. The highest BCUT2D eigenvalue weighted by Crippen LogP contribution is 2.29. The van der Waals surface area contributed by atoms with Crippen LogP contribution >= 0.6 is 0 Å². The summed E-state index contributed by atoms with van der Waals surface area (Å²) in [5, 5.41) is 4.29. The molecule has 1 aromatic heterocycles. The average Bonchev–Trinajstić information content (AvgIpc) is 3.04. The molecule has 0 saturated carbocycles. The van der Waals surface area contributed by atoms with Gasteiger partial charge in [-0.25, -0.2) is 8.42 Å². The maximum Gasteiger partial charge on any atom is 0.243 e. The van der Waals surface area contributed by atoms with Gasteiger partial charge in [-0.1, -0.05) is 68.4 Å². The highest BCUT2D eigenvalue weighted by atomic mass is 32.2. The van der Waals surface area contributed by atoms with Crippen molar-refractivity contribution in [1.29, 1.82) is 0 Å². The van der Waals surface area contributed by atoms with E-state index in [9.17, 15) is 8.42 Å². The van der Waals surface area contributed by atoms with Gasteiger partial charge in [0.1, 0.15) is 11.5 Å². The Bertz CT molecular complexity index is 1200. The maximum absolute atomic E-state index is 13.4. The van der Waals surface area contributed by atoms with E-state index in [1.165, 1.54) is 0 Å². The first kappa shape index (κ1) is 24.6. The Balaban J connectivity index is 1.46. The highest BCUT2D eigenvalue weighted by Gasteiger charge is 2.28. The van der Waals surface area contributed by atoms with Gasteiger partial charge >= 0.3 is 0 Å². The minimum atomic E-state index is -3.52. The van der Waals surface area contributed by atoms with Crippen LogP contribution in [0.2, 0.25) is 0 Å². The van der Waals surface area contributed by atoms with E-state index in [2.05, 4.69) is 30.8 Å². The van der Waals surface area contributed by atoms with E-state index in [-0.39, 0.29) is 5.41 Å². The molecule has 0 N–H and O–H groups in total. The van der Waals surface area contributed by atoms with Crippen LogP contribution in [0.3, 0.4) is 0 Å². The molecule has 0 bridgehead atoms. The van der Waals surface area contributed by atoms with Gasteiger partial charge in [-0.15, -0.1) is 0 Å². The van der Waals surface area contributed by atoms with Gasteiger partial charge in [-0.05, 0) is 49.4 Å². The lowest BCUT2D eigenvalue weighted by atomic mass is 9.82. The zero-order valence-electron chi connectivity index (χ0n) is 20.6. The second-order valence-electron chi connectivity index (χ2n) is 9.73. The molecule has 2 aromatic carbocycles. The maximum atomic E-state index is 13.4. The molecule has 0 aliphatic carbocycles. The fourth-order valence-corrected chi connectivity index (χ4v) is 5.87. The number of hydrogen-bond donors (Lipinski definition) is 0. The van der Waals surface area contributed by atoms with Crippen molar-refractivity contribution in [3.63, 3.8) is 0 Å². The number of sulfonamides is 1. The lowest BCUT2D eigenvalue weighted by Gasteiger charge is -2.24. The van der Waals surface area contributed by atoms with Crippen LogP contribution in [-0.2, 0) is 22.0 Å². The summed E-state index contributed by atoms with van der Waals surface area (Å²) in [4.78, 5) is 2.67. The number of hydrogen-bond acceptors (Lipinski definition) is 5. The zero-order chi connectivity index (χ0) is 24.3. The Kier molecular flexibility index (Phi) is 7.26. The molecule has 6 nitrogen and oxygen atoms in total. The van der Waals surface area contributed by atoms with Crippen LogP contribution < -0.4 is 0 Å². The third-order valence-corrected chi connectivity index (χ3v) is 9.03. The fourth-order valence-electron chi connectivity index (χ4n) is 4.40. The minimum absolute atomic E-state index is 0.0318. The molecule has 182 valence electrons. The molecule has 0 atom stereocenters. The van der Waals surface area contributed by atoms with E-state index in [4.69, 9.17) is 4.52 Å². The standard InChI is InChI=1S/C27H35N3O3S/c1-5-27(3,4)23-12-14-24(15-13-23)34(31,32)30-17-9-16-29(18-19-30)20-25-21(2)33-28-26(25)22-10-7-6-8-11-22/h6-8,10-15H,5,9,16-20H2,1-4H3. The van der Waals surface area contributed by atoms with Gasteiger partial charge in [-0.3, -0.25) is 4.90 Å². The molecule has 3 aromatic rings. The molecule has 0 unspecified atom stereocenters. The van der Waals surface area contributed by atoms with Crippen LogP contribution in [0.25, 0.3) is 11.3 Å². The first-order valence-corrected chi connectivity index (χ1v) is 13.5. The largest absolute Gasteiger partial charge is 0.361 e. The van der Waals surface area contributed by atoms with Crippen LogP contribution in [0.5, 0.6) is 0 Å². The quantitative estimate of drug-likeness (QED) is 0.462. The highest BCUT2D eigenvalue weighted by molar-refractivity contribution is 7.89. The number of nitrogens with zero attached hydrogens (tertiary/aromatic N) is 3. The van der Waals surface area contributed by atoms with Crippen molar-refractivity contribution in [3.05, 3.63) is 71.5 Å². The molecule has 2 heterocycles. The van der Waals surface area contributed by atoms with Crippen LogP contribution in [0.4, 0.5) is 0 Å². The van der Waals surface area contributed by atoms with Crippen LogP contribution in [0.15, 0.2) is 64.0 Å². The number of aromatic nitrogens is 1. The molecule has 1 saturated heterocycles. The summed E-state index contributed by atoms with van der Waals surface area (Å²) in [5.41, 5.74) is 4.15. The smallest absolute Gasteiger partial charge is 0.243 e. The zero-order valence-corrected chi connectivity index (χ0v) is 21.4. The normalized spacial score (nSPS) is 16.5. The van der Waals surface area contributed by atoms with Crippen LogP contribution in [0.1, 0.15) is 50.5 Å². The van der Waals surface area contributed by atoms with Gasteiger partial charge in [0, 0.05) is 37.3 Å². The number of benzene rings is 2.